The Kier molecular flexibility index (Phi) is 5.01. The molecule has 0 bridgehead atoms. The molecular formula is C18H21N5O3. The molecule has 3 rings (SSSR count). The molecule has 1 aromatic carbocycles. The van der Waals surface area contributed by atoms with Gasteiger partial charge in [-0.1, -0.05) is 0 Å². The Hall–Kier alpha value is -3.16. The monoisotopic (exact) mass is 355 g/mol. The maximum absolute atomic E-state index is 12.1. The van der Waals surface area contributed by atoms with Gasteiger partial charge in [-0.25, -0.2) is 0 Å². The number of rotatable bonds is 5. The van der Waals surface area contributed by atoms with Gasteiger partial charge in [-0.15, -0.1) is 0 Å². The zero-order chi connectivity index (χ0) is 18.7. The van der Waals surface area contributed by atoms with Crippen LogP contribution >= 0.6 is 0 Å². The lowest BCUT2D eigenvalue weighted by molar-refractivity contribution is -0.117. The SMILES string of the molecule is Cc1cc(C(=O)NCCC(=O)Nc2ccc3c(c2)CCC(=O)N3)n(C)n1. The summed E-state index contributed by atoms with van der Waals surface area (Å²) in [4.78, 5) is 35.5. The van der Waals surface area contributed by atoms with Crippen LogP contribution in [0.5, 0.6) is 0 Å². The highest BCUT2D eigenvalue weighted by atomic mass is 16.2. The van der Waals surface area contributed by atoms with Crippen LogP contribution in [0.15, 0.2) is 24.3 Å². The van der Waals surface area contributed by atoms with Crippen molar-refractivity contribution in [3.63, 3.8) is 0 Å². The van der Waals surface area contributed by atoms with Crippen LogP contribution in [0.4, 0.5) is 11.4 Å². The van der Waals surface area contributed by atoms with Crippen LogP contribution in [-0.4, -0.2) is 34.0 Å². The molecule has 1 aromatic heterocycles. The van der Waals surface area contributed by atoms with Gasteiger partial charge in [0.25, 0.3) is 5.91 Å². The van der Waals surface area contributed by atoms with Crippen molar-refractivity contribution in [3.8, 4) is 0 Å². The molecule has 0 radical (unpaired) electrons. The lowest BCUT2D eigenvalue weighted by Crippen LogP contribution is -2.29. The van der Waals surface area contributed by atoms with Gasteiger partial charge in [-0.05, 0) is 43.2 Å². The summed E-state index contributed by atoms with van der Waals surface area (Å²) >= 11 is 0. The zero-order valence-corrected chi connectivity index (χ0v) is 14.8. The maximum atomic E-state index is 12.1. The Labute approximate surface area is 151 Å². The minimum absolute atomic E-state index is 0.00800. The van der Waals surface area contributed by atoms with Gasteiger partial charge in [-0.2, -0.15) is 5.10 Å². The summed E-state index contributed by atoms with van der Waals surface area (Å²) in [5.41, 5.74) is 3.69. The first-order chi connectivity index (χ1) is 12.4. The molecule has 1 aliphatic rings. The largest absolute Gasteiger partial charge is 0.350 e. The van der Waals surface area contributed by atoms with Crippen molar-refractivity contribution in [1.29, 1.82) is 0 Å². The van der Waals surface area contributed by atoms with E-state index in [0.29, 0.717) is 24.2 Å². The highest BCUT2D eigenvalue weighted by Crippen LogP contribution is 2.25. The highest BCUT2D eigenvalue weighted by Gasteiger charge is 2.15. The molecule has 136 valence electrons. The number of nitrogens with one attached hydrogen (secondary N) is 3. The normalized spacial score (nSPS) is 12.9. The van der Waals surface area contributed by atoms with Crippen molar-refractivity contribution in [2.45, 2.75) is 26.2 Å². The van der Waals surface area contributed by atoms with Crippen molar-refractivity contribution in [3.05, 3.63) is 41.2 Å². The van der Waals surface area contributed by atoms with E-state index in [1.165, 1.54) is 4.68 Å². The first-order valence-corrected chi connectivity index (χ1v) is 8.44. The van der Waals surface area contributed by atoms with Crippen LogP contribution in [0.2, 0.25) is 0 Å². The Morgan fingerprint density at radius 1 is 1.27 bits per heavy atom. The molecular weight excluding hydrogens is 334 g/mol. The van der Waals surface area contributed by atoms with E-state index in [4.69, 9.17) is 0 Å². The number of fused-ring (bicyclic) bond motifs is 1. The van der Waals surface area contributed by atoms with Crippen molar-refractivity contribution in [1.82, 2.24) is 15.1 Å². The molecule has 3 N–H and O–H groups in total. The second-order valence-corrected chi connectivity index (χ2v) is 6.27. The molecule has 0 atom stereocenters. The van der Waals surface area contributed by atoms with Crippen LogP contribution < -0.4 is 16.0 Å². The standard InChI is InChI=1S/C18H21N5O3/c1-11-9-15(23(2)22-11)18(26)19-8-7-17(25)20-13-4-5-14-12(10-13)3-6-16(24)21-14/h4-5,9-10H,3,6-8H2,1-2H3,(H,19,26)(H,20,25)(H,21,24). The first kappa shape index (κ1) is 17.7. The van der Waals surface area contributed by atoms with Crippen LogP contribution in [-0.2, 0) is 23.1 Å². The summed E-state index contributed by atoms with van der Waals surface area (Å²) in [6.07, 6.45) is 1.27. The molecule has 0 unspecified atom stereocenters. The lowest BCUT2D eigenvalue weighted by atomic mass is 10.0. The molecule has 8 heteroatoms. The molecule has 26 heavy (non-hydrogen) atoms. The maximum Gasteiger partial charge on any atom is 0.269 e. The number of benzene rings is 1. The zero-order valence-electron chi connectivity index (χ0n) is 14.8. The van der Waals surface area contributed by atoms with Gasteiger partial charge < -0.3 is 16.0 Å². The number of hydrogen-bond acceptors (Lipinski definition) is 4. The molecule has 2 aromatic rings. The fraction of sp³-hybridized carbons (Fsp3) is 0.333. The van der Waals surface area contributed by atoms with Crippen LogP contribution in [0, 0.1) is 6.92 Å². The van der Waals surface area contributed by atoms with E-state index in [1.54, 1.807) is 25.2 Å². The Morgan fingerprint density at radius 3 is 2.81 bits per heavy atom. The number of hydrogen-bond donors (Lipinski definition) is 3. The molecule has 8 nitrogen and oxygen atoms in total. The summed E-state index contributed by atoms with van der Waals surface area (Å²) in [5, 5.41) is 12.5. The van der Waals surface area contributed by atoms with Gasteiger partial charge in [0.1, 0.15) is 5.69 Å². The van der Waals surface area contributed by atoms with Gasteiger partial charge in [0.15, 0.2) is 0 Å². The van der Waals surface area contributed by atoms with E-state index < -0.39 is 0 Å². The van der Waals surface area contributed by atoms with E-state index in [9.17, 15) is 14.4 Å². The third-order valence-corrected chi connectivity index (χ3v) is 4.16. The third kappa shape index (κ3) is 4.08. The second-order valence-electron chi connectivity index (χ2n) is 6.27. The van der Waals surface area contributed by atoms with Crippen LogP contribution in [0.25, 0.3) is 0 Å². The summed E-state index contributed by atoms with van der Waals surface area (Å²) in [5.74, 6) is -0.439. The number of amides is 3. The van der Waals surface area contributed by atoms with Gasteiger partial charge in [0, 0.05) is 37.8 Å². The molecule has 2 heterocycles. The minimum Gasteiger partial charge on any atom is -0.350 e. The predicted octanol–water partition coefficient (Wildman–Crippen LogP) is 1.37. The fourth-order valence-corrected chi connectivity index (χ4v) is 2.89. The first-order valence-electron chi connectivity index (χ1n) is 8.44. The van der Waals surface area contributed by atoms with Crippen molar-refractivity contribution in [2.24, 2.45) is 7.05 Å². The minimum atomic E-state index is -0.259. The molecule has 0 spiro atoms. The molecule has 0 fully saturated rings. The Balaban J connectivity index is 1.49. The van der Waals surface area contributed by atoms with E-state index in [-0.39, 0.29) is 30.7 Å². The number of carbonyl (C=O) groups excluding carboxylic acids is 3. The molecule has 0 saturated carbocycles. The summed E-state index contributed by atoms with van der Waals surface area (Å²) < 4.78 is 1.51. The Bertz CT molecular complexity index is 872. The van der Waals surface area contributed by atoms with Crippen molar-refractivity contribution in [2.75, 3.05) is 17.2 Å². The van der Waals surface area contributed by atoms with Gasteiger partial charge in [0.05, 0.1) is 5.69 Å². The average molecular weight is 355 g/mol. The number of nitrogens with zero attached hydrogens (tertiary/aromatic N) is 2. The van der Waals surface area contributed by atoms with Gasteiger partial charge in [0.2, 0.25) is 11.8 Å². The van der Waals surface area contributed by atoms with Gasteiger partial charge in [-0.3, -0.25) is 19.1 Å². The molecule has 1 aliphatic heterocycles. The summed E-state index contributed by atoms with van der Waals surface area (Å²) in [7, 11) is 1.70. The average Bonchev–Trinajstić information content (AvgIpc) is 2.93. The number of aromatic nitrogens is 2. The van der Waals surface area contributed by atoms with Crippen molar-refractivity contribution < 1.29 is 14.4 Å². The number of carbonyl (C=O) groups is 3. The Morgan fingerprint density at radius 2 is 2.08 bits per heavy atom. The van der Waals surface area contributed by atoms with E-state index in [1.807, 2.05) is 13.0 Å². The van der Waals surface area contributed by atoms with Crippen LogP contribution in [0.3, 0.4) is 0 Å². The van der Waals surface area contributed by atoms with E-state index in [2.05, 4.69) is 21.0 Å². The second kappa shape index (κ2) is 7.38. The van der Waals surface area contributed by atoms with Crippen LogP contribution in [0.1, 0.15) is 34.6 Å². The fourth-order valence-electron chi connectivity index (χ4n) is 2.89. The summed E-state index contributed by atoms with van der Waals surface area (Å²) in [6.45, 7) is 2.05. The highest BCUT2D eigenvalue weighted by molar-refractivity contribution is 5.96. The van der Waals surface area contributed by atoms with E-state index >= 15 is 0 Å². The number of anilines is 2. The molecule has 0 aliphatic carbocycles. The topological polar surface area (TPSA) is 105 Å². The number of aryl methyl sites for hydroxylation is 3. The van der Waals surface area contributed by atoms with Gasteiger partial charge >= 0.3 is 0 Å². The summed E-state index contributed by atoms with van der Waals surface area (Å²) in [6, 6.07) is 7.10. The quantitative estimate of drug-likeness (QED) is 0.753. The molecule has 0 saturated heterocycles. The van der Waals surface area contributed by atoms with Crippen molar-refractivity contribution >= 4 is 29.1 Å². The lowest BCUT2D eigenvalue weighted by Gasteiger charge is -2.17. The smallest absolute Gasteiger partial charge is 0.269 e. The predicted molar refractivity (Wildman–Crippen MR) is 96.9 cm³/mol. The van der Waals surface area contributed by atoms with E-state index in [0.717, 1.165) is 16.9 Å². The molecule has 3 amide bonds. The third-order valence-electron chi connectivity index (χ3n) is 4.16.